The molecule has 3 aromatic rings. The molecule has 1 atom stereocenters. The molecule has 5 nitrogen and oxygen atoms in total. The van der Waals surface area contributed by atoms with Gasteiger partial charge in [-0.3, -0.25) is 14.2 Å². The van der Waals surface area contributed by atoms with Crippen molar-refractivity contribution in [3.63, 3.8) is 0 Å². The highest BCUT2D eigenvalue weighted by Crippen LogP contribution is 2.30. The summed E-state index contributed by atoms with van der Waals surface area (Å²) >= 11 is 0. The second-order valence-electron chi connectivity index (χ2n) is 9.71. The molecule has 1 saturated carbocycles. The summed E-state index contributed by atoms with van der Waals surface area (Å²) in [6.07, 6.45) is 9.45. The molecule has 1 aliphatic carbocycles. The number of hydrogen-bond donors (Lipinski definition) is 0. The highest BCUT2D eigenvalue weighted by molar-refractivity contribution is 5.80. The fraction of sp³-hybridized carbons (Fsp3) is 0.483. The summed E-state index contributed by atoms with van der Waals surface area (Å²) in [6, 6.07) is 12.8. The van der Waals surface area contributed by atoms with E-state index in [1.54, 1.807) is 22.8 Å². The van der Waals surface area contributed by atoms with Crippen LogP contribution in [0.2, 0.25) is 0 Å². The van der Waals surface area contributed by atoms with Crippen LogP contribution in [0.1, 0.15) is 83.5 Å². The zero-order chi connectivity index (χ0) is 24.8. The number of carbonyl (C=O) groups is 1. The Morgan fingerprint density at radius 2 is 1.77 bits per heavy atom. The van der Waals surface area contributed by atoms with Crippen LogP contribution in [0.5, 0.6) is 0 Å². The van der Waals surface area contributed by atoms with E-state index in [-0.39, 0.29) is 23.2 Å². The lowest BCUT2D eigenvalue weighted by Crippen LogP contribution is -2.41. The van der Waals surface area contributed by atoms with Gasteiger partial charge < -0.3 is 4.90 Å². The molecule has 2 aromatic carbocycles. The maximum atomic E-state index is 13.8. The minimum Gasteiger partial charge on any atom is -0.333 e. The summed E-state index contributed by atoms with van der Waals surface area (Å²) in [5.41, 5.74) is 0.946. The van der Waals surface area contributed by atoms with E-state index in [0.717, 1.165) is 51.4 Å². The fourth-order valence-electron chi connectivity index (χ4n) is 5.20. The Balaban J connectivity index is 1.79. The van der Waals surface area contributed by atoms with Crippen molar-refractivity contribution in [1.82, 2.24) is 14.5 Å². The van der Waals surface area contributed by atoms with Gasteiger partial charge in [0.1, 0.15) is 11.6 Å². The number of carbonyl (C=O) groups excluding carboxylic acids is 1. The van der Waals surface area contributed by atoms with E-state index in [9.17, 15) is 14.0 Å². The summed E-state index contributed by atoms with van der Waals surface area (Å²) < 4.78 is 15.3. The first-order valence-corrected chi connectivity index (χ1v) is 13.1. The quantitative estimate of drug-likeness (QED) is 0.327. The number of rotatable bonds is 9. The SMILES string of the molecule is CCCCCCN(C(=O)C1CCCCC1)C(C)c1nc2ccccc2c(=O)n1-c1ccc(F)cc1. The second kappa shape index (κ2) is 11.6. The van der Waals surface area contributed by atoms with Crippen molar-refractivity contribution < 1.29 is 9.18 Å². The Bertz CT molecular complexity index is 1200. The van der Waals surface area contributed by atoms with Crippen molar-refractivity contribution in [2.75, 3.05) is 6.54 Å². The summed E-state index contributed by atoms with van der Waals surface area (Å²) in [4.78, 5) is 34.3. The first kappa shape index (κ1) is 25.1. The van der Waals surface area contributed by atoms with Crippen LogP contribution in [-0.4, -0.2) is 26.9 Å². The molecule has 1 aliphatic rings. The van der Waals surface area contributed by atoms with Crippen LogP contribution in [0.15, 0.2) is 53.3 Å². The lowest BCUT2D eigenvalue weighted by Gasteiger charge is -2.34. The minimum absolute atomic E-state index is 0.0313. The monoisotopic (exact) mass is 477 g/mol. The summed E-state index contributed by atoms with van der Waals surface area (Å²) in [5, 5.41) is 0.501. The molecule has 0 N–H and O–H groups in total. The number of aromatic nitrogens is 2. The van der Waals surface area contributed by atoms with E-state index < -0.39 is 6.04 Å². The molecule has 1 amide bonds. The fourth-order valence-corrected chi connectivity index (χ4v) is 5.20. The van der Waals surface area contributed by atoms with Crippen LogP contribution in [0, 0.1) is 11.7 Å². The highest BCUT2D eigenvalue weighted by Gasteiger charge is 2.31. The molecule has 1 fully saturated rings. The number of fused-ring (bicyclic) bond motifs is 1. The van der Waals surface area contributed by atoms with Crippen LogP contribution < -0.4 is 5.56 Å². The Kier molecular flexibility index (Phi) is 8.32. The van der Waals surface area contributed by atoms with Crippen LogP contribution >= 0.6 is 0 Å². The average Bonchev–Trinajstić information content (AvgIpc) is 2.89. The van der Waals surface area contributed by atoms with Crippen molar-refractivity contribution in [1.29, 1.82) is 0 Å². The van der Waals surface area contributed by atoms with Gasteiger partial charge >= 0.3 is 0 Å². The van der Waals surface area contributed by atoms with Crippen molar-refractivity contribution in [3.8, 4) is 5.69 Å². The number of benzene rings is 2. The number of nitrogens with zero attached hydrogens (tertiary/aromatic N) is 3. The molecule has 1 heterocycles. The van der Waals surface area contributed by atoms with E-state index >= 15 is 0 Å². The van der Waals surface area contributed by atoms with Crippen molar-refractivity contribution >= 4 is 16.8 Å². The van der Waals surface area contributed by atoms with E-state index in [1.165, 1.54) is 18.6 Å². The molecule has 6 heteroatoms. The Labute approximate surface area is 207 Å². The molecule has 0 radical (unpaired) electrons. The standard InChI is InChI=1S/C29H36FN3O2/c1-3-4-5-11-20-32(28(34)22-12-7-6-8-13-22)21(2)27-31-26-15-10-9-14-25(26)29(35)33(27)24-18-16-23(30)17-19-24/h9-10,14-19,21-22H,3-8,11-13,20H2,1-2H3. The van der Waals surface area contributed by atoms with Gasteiger partial charge in [0.2, 0.25) is 5.91 Å². The van der Waals surface area contributed by atoms with Crippen molar-refractivity contribution in [2.24, 2.45) is 5.92 Å². The Hall–Kier alpha value is -3.02. The van der Waals surface area contributed by atoms with E-state index in [0.29, 0.717) is 29.0 Å². The molecule has 186 valence electrons. The number of hydrogen-bond acceptors (Lipinski definition) is 3. The Morgan fingerprint density at radius 1 is 1.06 bits per heavy atom. The number of unbranched alkanes of at least 4 members (excludes halogenated alkanes) is 3. The van der Waals surface area contributed by atoms with Gasteiger partial charge in [0, 0.05) is 12.5 Å². The lowest BCUT2D eigenvalue weighted by molar-refractivity contribution is -0.139. The van der Waals surface area contributed by atoms with Gasteiger partial charge in [-0.1, -0.05) is 57.6 Å². The molecule has 0 saturated heterocycles. The predicted octanol–water partition coefficient (Wildman–Crippen LogP) is 6.58. The Morgan fingerprint density at radius 3 is 2.49 bits per heavy atom. The summed E-state index contributed by atoms with van der Waals surface area (Å²) in [7, 11) is 0. The van der Waals surface area contributed by atoms with Crippen LogP contribution in [0.25, 0.3) is 16.6 Å². The molecular formula is C29H36FN3O2. The van der Waals surface area contributed by atoms with Crippen LogP contribution in [0.3, 0.4) is 0 Å². The average molecular weight is 478 g/mol. The third-order valence-corrected chi connectivity index (χ3v) is 7.22. The van der Waals surface area contributed by atoms with Gasteiger partial charge in [-0.05, 0) is 62.6 Å². The molecular weight excluding hydrogens is 441 g/mol. The van der Waals surface area contributed by atoms with Gasteiger partial charge in [-0.15, -0.1) is 0 Å². The number of para-hydroxylation sites is 1. The zero-order valence-corrected chi connectivity index (χ0v) is 20.9. The third-order valence-electron chi connectivity index (χ3n) is 7.22. The number of amides is 1. The molecule has 35 heavy (non-hydrogen) atoms. The topological polar surface area (TPSA) is 55.2 Å². The van der Waals surface area contributed by atoms with E-state index in [1.807, 2.05) is 30.0 Å². The van der Waals surface area contributed by atoms with E-state index in [2.05, 4.69) is 6.92 Å². The molecule has 4 rings (SSSR count). The van der Waals surface area contributed by atoms with Crippen molar-refractivity contribution in [2.45, 2.75) is 77.7 Å². The van der Waals surface area contributed by atoms with Gasteiger partial charge in [-0.2, -0.15) is 0 Å². The van der Waals surface area contributed by atoms with E-state index in [4.69, 9.17) is 4.98 Å². The smallest absolute Gasteiger partial charge is 0.266 e. The van der Waals surface area contributed by atoms with Gasteiger partial charge in [0.15, 0.2) is 0 Å². The summed E-state index contributed by atoms with van der Waals surface area (Å²) in [5.74, 6) is 0.348. The van der Waals surface area contributed by atoms with Gasteiger partial charge in [0.25, 0.3) is 5.56 Å². The lowest BCUT2D eigenvalue weighted by atomic mass is 9.88. The zero-order valence-electron chi connectivity index (χ0n) is 20.9. The highest BCUT2D eigenvalue weighted by atomic mass is 19.1. The normalized spacial score (nSPS) is 15.3. The third kappa shape index (κ3) is 5.63. The van der Waals surface area contributed by atoms with Gasteiger partial charge in [0.05, 0.1) is 22.6 Å². The molecule has 0 bridgehead atoms. The van der Waals surface area contributed by atoms with Crippen LogP contribution in [-0.2, 0) is 4.79 Å². The maximum absolute atomic E-state index is 13.8. The minimum atomic E-state index is -0.395. The first-order valence-electron chi connectivity index (χ1n) is 13.1. The number of halogens is 1. The molecule has 0 spiro atoms. The molecule has 1 unspecified atom stereocenters. The second-order valence-corrected chi connectivity index (χ2v) is 9.71. The maximum Gasteiger partial charge on any atom is 0.266 e. The van der Waals surface area contributed by atoms with Crippen LogP contribution in [0.4, 0.5) is 4.39 Å². The predicted molar refractivity (Wildman–Crippen MR) is 138 cm³/mol. The molecule has 1 aromatic heterocycles. The van der Waals surface area contributed by atoms with Crippen molar-refractivity contribution in [3.05, 3.63) is 70.5 Å². The first-order chi connectivity index (χ1) is 17.0. The van der Waals surface area contributed by atoms with Gasteiger partial charge in [-0.25, -0.2) is 9.37 Å². The molecule has 0 aliphatic heterocycles. The summed E-state index contributed by atoms with van der Waals surface area (Å²) in [6.45, 7) is 4.79. The largest absolute Gasteiger partial charge is 0.333 e.